The van der Waals surface area contributed by atoms with Gasteiger partial charge in [-0.15, -0.1) is 0 Å². The molecule has 1 aliphatic heterocycles. The van der Waals surface area contributed by atoms with E-state index in [9.17, 15) is 24.0 Å². The van der Waals surface area contributed by atoms with Crippen LogP contribution in [0.3, 0.4) is 0 Å². The van der Waals surface area contributed by atoms with Gasteiger partial charge < -0.3 is 25.4 Å². The number of aromatic nitrogens is 1. The molecule has 2 aromatic carbocycles. The van der Waals surface area contributed by atoms with Gasteiger partial charge >= 0.3 is 5.97 Å². The van der Waals surface area contributed by atoms with Gasteiger partial charge in [-0.3, -0.25) is 24.2 Å². The zero-order valence-corrected chi connectivity index (χ0v) is 20.7. The fourth-order valence-corrected chi connectivity index (χ4v) is 4.77. The van der Waals surface area contributed by atoms with Crippen LogP contribution >= 0.6 is 0 Å². The summed E-state index contributed by atoms with van der Waals surface area (Å²) in [5.74, 6) is -3.01. The van der Waals surface area contributed by atoms with Crippen molar-refractivity contribution in [1.29, 1.82) is 0 Å². The summed E-state index contributed by atoms with van der Waals surface area (Å²) >= 11 is 0. The molecule has 3 amide bonds. The van der Waals surface area contributed by atoms with Gasteiger partial charge in [-0.1, -0.05) is 54.6 Å². The van der Waals surface area contributed by atoms with Crippen molar-refractivity contribution in [1.82, 2.24) is 20.5 Å². The second kappa shape index (κ2) is 11.6. The van der Waals surface area contributed by atoms with E-state index in [-0.39, 0.29) is 24.6 Å². The van der Waals surface area contributed by atoms with Crippen LogP contribution < -0.4 is 10.6 Å². The van der Waals surface area contributed by atoms with E-state index in [1.807, 2.05) is 42.5 Å². The number of pyridine rings is 1. The van der Waals surface area contributed by atoms with Crippen molar-refractivity contribution in [3.63, 3.8) is 0 Å². The maximum Gasteiger partial charge on any atom is 0.305 e. The number of nitrogens with one attached hydrogen (secondary N) is 2. The average molecular weight is 517 g/mol. The molecule has 1 saturated heterocycles. The minimum absolute atomic E-state index is 0.160. The molecule has 4 atom stereocenters. The number of nitrogens with zero attached hydrogens (tertiary/aromatic N) is 2. The number of rotatable bonds is 9. The van der Waals surface area contributed by atoms with Crippen molar-refractivity contribution in [3.8, 4) is 0 Å². The maximum absolute atomic E-state index is 13.5. The predicted octanol–water partition coefficient (Wildman–Crippen LogP) is 1.90. The first-order valence-electron chi connectivity index (χ1n) is 12.3. The fraction of sp³-hybridized carbons (Fsp3) is 0.286. The summed E-state index contributed by atoms with van der Waals surface area (Å²) in [5.41, 5.74) is 1.12. The molecule has 0 unspecified atom stereocenters. The lowest BCUT2D eigenvalue weighted by Gasteiger charge is -2.28. The number of benzene rings is 2. The van der Waals surface area contributed by atoms with Crippen LogP contribution in [-0.4, -0.2) is 69.6 Å². The van der Waals surface area contributed by atoms with Gasteiger partial charge in [-0.25, -0.2) is 0 Å². The monoisotopic (exact) mass is 516 g/mol. The molecule has 38 heavy (non-hydrogen) atoms. The number of carboxylic acid groups (broad SMARTS) is 1. The number of carboxylic acids is 1. The van der Waals surface area contributed by atoms with Crippen molar-refractivity contribution < 1.29 is 29.1 Å². The van der Waals surface area contributed by atoms with Crippen LogP contribution in [0.1, 0.15) is 41.7 Å². The van der Waals surface area contributed by atoms with E-state index in [1.54, 1.807) is 18.2 Å². The van der Waals surface area contributed by atoms with Crippen molar-refractivity contribution in [2.45, 2.75) is 43.8 Å². The zero-order valence-electron chi connectivity index (χ0n) is 20.7. The summed E-state index contributed by atoms with van der Waals surface area (Å²) in [7, 11) is 0. The Hall–Kier alpha value is -4.60. The van der Waals surface area contributed by atoms with Crippen molar-refractivity contribution in [2.24, 2.45) is 0 Å². The first kappa shape index (κ1) is 26.5. The van der Waals surface area contributed by atoms with Gasteiger partial charge in [0.25, 0.3) is 5.91 Å². The summed E-state index contributed by atoms with van der Waals surface area (Å²) in [4.78, 5) is 67.7. The molecular weight excluding hydrogens is 488 g/mol. The number of hydrogen-bond donors (Lipinski definition) is 3. The molecule has 0 spiro atoms. The average Bonchev–Trinajstić information content (AvgIpc) is 3.37. The lowest BCUT2D eigenvalue weighted by atomic mass is 9.96. The van der Waals surface area contributed by atoms with Crippen molar-refractivity contribution in [3.05, 3.63) is 78.1 Å². The normalized spacial score (nSPS) is 18.4. The summed E-state index contributed by atoms with van der Waals surface area (Å²) in [6, 6.07) is 15.3. The van der Waals surface area contributed by atoms with E-state index in [0.29, 0.717) is 11.7 Å². The quantitative estimate of drug-likeness (QED) is 0.368. The highest BCUT2D eigenvalue weighted by Crippen LogP contribution is 2.32. The van der Waals surface area contributed by atoms with Crippen LogP contribution in [0.5, 0.6) is 0 Å². The fourth-order valence-electron chi connectivity index (χ4n) is 4.77. The Morgan fingerprint density at radius 3 is 2.47 bits per heavy atom. The molecule has 3 N–H and O–H groups in total. The summed E-state index contributed by atoms with van der Waals surface area (Å²) in [6.07, 6.45) is 1.60. The molecule has 196 valence electrons. The van der Waals surface area contributed by atoms with E-state index in [1.165, 1.54) is 18.0 Å². The molecule has 1 aliphatic rings. The van der Waals surface area contributed by atoms with Gasteiger partial charge in [-0.05, 0) is 30.4 Å². The standard InChI is InChI=1S/C28H28N4O6/c1-17(30-27(37)25-22-10-6-5-9-19(22)11-12-29-25)28(38)32-15-20(18-7-3-2-4-8-18)13-23(32)26(36)31-21(16-33)14-24(34)35/h2-12,16-17,20-21,23H,13-15H2,1H3,(H,30,37)(H,31,36)(H,34,35)/t17-,20+,21-,23-/m0/s1. The molecule has 0 aliphatic carbocycles. The number of hydrogen-bond acceptors (Lipinski definition) is 6. The first-order valence-corrected chi connectivity index (χ1v) is 12.3. The second-order valence-corrected chi connectivity index (χ2v) is 9.27. The Morgan fingerprint density at radius 1 is 1.05 bits per heavy atom. The van der Waals surface area contributed by atoms with Crippen LogP contribution in [0.4, 0.5) is 0 Å². The number of aliphatic carboxylic acids is 1. The SMILES string of the molecule is C[C@H](NC(=O)c1nccc2ccccc12)C(=O)N1C[C@H](c2ccccc2)C[C@H]1C(=O)N[C@H](C=O)CC(=O)O. The van der Waals surface area contributed by atoms with E-state index >= 15 is 0 Å². The smallest absolute Gasteiger partial charge is 0.305 e. The molecule has 3 aromatic rings. The predicted molar refractivity (Wildman–Crippen MR) is 138 cm³/mol. The largest absolute Gasteiger partial charge is 0.481 e. The Bertz CT molecular complexity index is 1360. The molecular formula is C28H28N4O6. The van der Waals surface area contributed by atoms with Crippen LogP contribution in [0.15, 0.2) is 66.9 Å². The molecule has 4 rings (SSSR count). The minimum Gasteiger partial charge on any atom is -0.481 e. The van der Waals surface area contributed by atoms with E-state index in [2.05, 4.69) is 15.6 Å². The minimum atomic E-state index is -1.23. The lowest BCUT2D eigenvalue weighted by Crippen LogP contribution is -2.54. The highest BCUT2D eigenvalue weighted by molar-refractivity contribution is 6.06. The summed E-state index contributed by atoms with van der Waals surface area (Å²) < 4.78 is 0. The van der Waals surface area contributed by atoms with Gasteiger partial charge in [0.15, 0.2) is 0 Å². The molecule has 10 nitrogen and oxygen atoms in total. The highest BCUT2D eigenvalue weighted by atomic mass is 16.4. The van der Waals surface area contributed by atoms with Gasteiger partial charge in [0.1, 0.15) is 24.1 Å². The molecule has 0 radical (unpaired) electrons. The van der Waals surface area contributed by atoms with E-state index < -0.39 is 48.2 Å². The van der Waals surface area contributed by atoms with Gasteiger partial charge in [0, 0.05) is 24.0 Å². The van der Waals surface area contributed by atoms with Crippen LogP contribution in [0, 0.1) is 0 Å². The van der Waals surface area contributed by atoms with Crippen LogP contribution in [0.2, 0.25) is 0 Å². The van der Waals surface area contributed by atoms with Gasteiger partial charge in [0.05, 0.1) is 12.5 Å². The number of carbonyl (C=O) groups excluding carboxylic acids is 4. The molecule has 0 bridgehead atoms. The molecule has 2 heterocycles. The molecule has 0 saturated carbocycles. The highest BCUT2D eigenvalue weighted by Gasteiger charge is 2.42. The third-order valence-corrected chi connectivity index (χ3v) is 6.65. The third-order valence-electron chi connectivity index (χ3n) is 6.65. The third kappa shape index (κ3) is 5.86. The Morgan fingerprint density at radius 2 is 1.76 bits per heavy atom. The summed E-state index contributed by atoms with van der Waals surface area (Å²) in [6.45, 7) is 1.76. The number of aldehydes is 1. The number of likely N-dealkylation sites (tertiary alicyclic amines) is 1. The van der Waals surface area contributed by atoms with Crippen molar-refractivity contribution in [2.75, 3.05) is 6.54 Å². The Labute approximate surface area is 219 Å². The maximum atomic E-state index is 13.5. The van der Waals surface area contributed by atoms with Gasteiger partial charge in [-0.2, -0.15) is 0 Å². The topological polar surface area (TPSA) is 146 Å². The second-order valence-electron chi connectivity index (χ2n) is 9.27. The first-order chi connectivity index (χ1) is 18.3. The van der Waals surface area contributed by atoms with Crippen LogP contribution in [0.25, 0.3) is 10.8 Å². The van der Waals surface area contributed by atoms with E-state index in [4.69, 9.17) is 5.11 Å². The van der Waals surface area contributed by atoms with Gasteiger partial charge in [0.2, 0.25) is 11.8 Å². The molecule has 10 heteroatoms. The molecule has 1 aromatic heterocycles. The Kier molecular flexibility index (Phi) is 8.10. The van der Waals surface area contributed by atoms with Crippen LogP contribution in [-0.2, 0) is 19.2 Å². The zero-order chi connectivity index (χ0) is 27.2. The number of carbonyl (C=O) groups is 5. The number of fused-ring (bicyclic) bond motifs is 1. The molecule has 1 fully saturated rings. The number of amides is 3. The lowest BCUT2D eigenvalue weighted by molar-refractivity contribution is -0.141. The summed E-state index contributed by atoms with van der Waals surface area (Å²) in [5, 5.41) is 15.6. The van der Waals surface area contributed by atoms with Crippen molar-refractivity contribution >= 4 is 40.7 Å². The Balaban J connectivity index is 1.54. The van der Waals surface area contributed by atoms with E-state index in [0.717, 1.165) is 10.9 Å².